The predicted molar refractivity (Wildman–Crippen MR) is 68.2 cm³/mol. The Balaban J connectivity index is 2.00. The molecule has 2 rings (SSSR count). The molecule has 2 amide bonds. The maximum atomic E-state index is 11.6. The minimum atomic E-state index is -0.361. The maximum Gasteiger partial charge on any atom is 0.323 e. The molecule has 0 bridgehead atoms. The number of carbonyl (C=O) groups is 1. The molecule has 0 saturated carbocycles. The Labute approximate surface area is 104 Å². The third-order valence-electron chi connectivity index (χ3n) is 2.36. The standard InChI is InChI=1S/C12H14N4O2/c1-8(13)9-3-2-4-10(5-9)15-12(17)16-11-6-14-18-7-11/h2-8H,13H2,1H3,(H2,15,16,17). The summed E-state index contributed by atoms with van der Waals surface area (Å²) >= 11 is 0. The molecule has 0 aliphatic rings. The molecule has 4 N–H and O–H groups in total. The van der Waals surface area contributed by atoms with Crippen LogP contribution in [-0.4, -0.2) is 11.2 Å². The van der Waals surface area contributed by atoms with Crippen LogP contribution in [0.25, 0.3) is 0 Å². The molecule has 1 aromatic heterocycles. The van der Waals surface area contributed by atoms with E-state index in [0.717, 1.165) is 5.56 Å². The number of aromatic nitrogens is 1. The van der Waals surface area contributed by atoms with Crippen LogP contribution in [0.4, 0.5) is 16.2 Å². The lowest BCUT2D eigenvalue weighted by molar-refractivity contribution is 0.262. The van der Waals surface area contributed by atoms with Crippen LogP contribution < -0.4 is 16.4 Å². The SMILES string of the molecule is CC(N)c1cccc(NC(=O)Nc2cnoc2)c1. The summed E-state index contributed by atoms with van der Waals surface area (Å²) in [7, 11) is 0. The van der Waals surface area contributed by atoms with Crippen molar-refractivity contribution in [3.05, 3.63) is 42.3 Å². The number of hydrogen-bond donors (Lipinski definition) is 3. The van der Waals surface area contributed by atoms with Gasteiger partial charge >= 0.3 is 6.03 Å². The number of anilines is 2. The zero-order chi connectivity index (χ0) is 13.0. The summed E-state index contributed by atoms with van der Waals surface area (Å²) in [5.74, 6) is 0. The van der Waals surface area contributed by atoms with Gasteiger partial charge in [0.05, 0.1) is 6.20 Å². The second-order valence-electron chi connectivity index (χ2n) is 3.91. The minimum Gasteiger partial charge on any atom is -0.363 e. The van der Waals surface area contributed by atoms with E-state index in [2.05, 4.69) is 20.3 Å². The third-order valence-corrected chi connectivity index (χ3v) is 2.36. The van der Waals surface area contributed by atoms with Gasteiger partial charge in [0.25, 0.3) is 0 Å². The highest BCUT2D eigenvalue weighted by Crippen LogP contribution is 2.15. The average Bonchev–Trinajstić information content (AvgIpc) is 2.82. The van der Waals surface area contributed by atoms with Gasteiger partial charge in [-0.2, -0.15) is 0 Å². The van der Waals surface area contributed by atoms with Gasteiger partial charge in [0.15, 0.2) is 0 Å². The molecule has 6 heteroatoms. The van der Waals surface area contributed by atoms with Crippen LogP contribution in [0.2, 0.25) is 0 Å². The summed E-state index contributed by atoms with van der Waals surface area (Å²) in [6, 6.07) is 6.94. The number of carbonyl (C=O) groups excluding carboxylic acids is 1. The van der Waals surface area contributed by atoms with Gasteiger partial charge in [-0.3, -0.25) is 0 Å². The van der Waals surface area contributed by atoms with Crippen molar-refractivity contribution in [2.24, 2.45) is 5.73 Å². The first kappa shape index (κ1) is 12.1. The Morgan fingerprint density at radius 2 is 2.17 bits per heavy atom. The Morgan fingerprint density at radius 3 is 2.83 bits per heavy atom. The molecule has 0 spiro atoms. The first-order valence-electron chi connectivity index (χ1n) is 5.48. The van der Waals surface area contributed by atoms with E-state index in [4.69, 9.17) is 5.73 Å². The summed E-state index contributed by atoms with van der Waals surface area (Å²) < 4.78 is 4.61. The molecule has 1 aromatic carbocycles. The molecule has 0 radical (unpaired) electrons. The van der Waals surface area contributed by atoms with Gasteiger partial charge in [0, 0.05) is 11.7 Å². The van der Waals surface area contributed by atoms with E-state index in [1.165, 1.54) is 12.5 Å². The molecule has 2 aromatic rings. The lowest BCUT2D eigenvalue weighted by atomic mass is 10.1. The number of urea groups is 1. The van der Waals surface area contributed by atoms with Gasteiger partial charge in [-0.1, -0.05) is 17.3 Å². The smallest absolute Gasteiger partial charge is 0.323 e. The van der Waals surface area contributed by atoms with Crippen LogP contribution >= 0.6 is 0 Å². The Bertz CT molecular complexity index is 523. The van der Waals surface area contributed by atoms with E-state index in [1.807, 2.05) is 25.1 Å². The highest BCUT2D eigenvalue weighted by molar-refractivity contribution is 5.99. The van der Waals surface area contributed by atoms with Crippen molar-refractivity contribution in [3.63, 3.8) is 0 Å². The second-order valence-corrected chi connectivity index (χ2v) is 3.91. The number of rotatable bonds is 3. The molecule has 1 atom stereocenters. The van der Waals surface area contributed by atoms with E-state index >= 15 is 0 Å². The quantitative estimate of drug-likeness (QED) is 0.774. The number of nitrogens with one attached hydrogen (secondary N) is 2. The molecule has 1 heterocycles. The van der Waals surface area contributed by atoms with Gasteiger partial charge in [-0.25, -0.2) is 4.79 Å². The van der Waals surface area contributed by atoms with Gasteiger partial charge in [0.1, 0.15) is 12.0 Å². The normalized spacial score (nSPS) is 11.9. The monoisotopic (exact) mass is 246 g/mol. The molecule has 0 fully saturated rings. The molecular formula is C12H14N4O2. The minimum absolute atomic E-state index is 0.0760. The molecule has 1 unspecified atom stereocenters. The summed E-state index contributed by atoms with van der Waals surface area (Å²) in [4.78, 5) is 11.6. The average molecular weight is 246 g/mol. The van der Waals surface area contributed by atoms with Crippen molar-refractivity contribution in [1.82, 2.24) is 5.16 Å². The molecule has 94 valence electrons. The lowest BCUT2D eigenvalue weighted by Gasteiger charge is -2.09. The topological polar surface area (TPSA) is 93.2 Å². The lowest BCUT2D eigenvalue weighted by Crippen LogP contribution is -2.19. The van der Waals surface area contributed by atoms with Crippen molar-refractivity contribution >= 4 is 17.4 Å². The van der Waals surface area contributed by atoms with Crippen LogP contribution in [-0.2, 0) is 0 Å². The van der Waals surface area contributed by atoms with Crippen LogP contribution in [0.5, 0.6) is 0 Å². The van der Waals surface area contributed by atoms with Crippen LogP contribution in [0.1, 0.15) is 18.5 Å². The van der Waals surface area contributed by atoms with Crippen molar-refractivity contribution in [3.8, 4) is 0 Å². The molecule has 0 aliphatic carbocycles. The van der Waals surface area contributed by atoms with E-state index < -0.39 is 0 Å². The molecular weight excluding hydrogens is 232 g/mol. The van der Waals surface area contributed by atoms with Crippen molar-refractivity contribution in [2.75, 3.05) is 10.6 Å². The highest BCUT2D eigenvalue weighted by Gasteiger charge is 2.05. The number of hydrogen-bond acceptors (Lipinski definition) is 4. The fourth-order valence-electron chi connectivity index (χ4n) is 1.46. The van der Waals surface area contributed by atoms with Crippen LogP contribution in [0.3, 0.4) is 0 Å². The van der Waals surface area contributed by atoms with Crippen LogP contribution in [0, 0.1) is 0 Å². The first-order chi connectivity index (χ1) is 8.65. The summed E-state index contributed by atoms with van der Waals surface area (Å²) in [5, 5.41) is 8.77. The van der Waals surface area contributed by atoms with Crippen LogP contribution in [0.15, 0.2) is 41.2 Å². The Kier molecular flexibility index (Phi) is 3.59. The molecule has 6 nitrogen and oxygen atoms in total. The number of nitrogens with two attached hydrogens (primary N) is 1. The van der Waals surface area contributed by atoms with Gasteiger partial charge in [-0.15, -0.1) is 0 Å². The van der Waals surface area contributed by atoms with E-state index in [-0.39, 0.29) is 12.1 Å². The zero-order valence-electron chi connectivity index (χ0n) is 9.88. The Hall–Kier alpha value is -2.34. The molecule has 18 heavy (non-hydrogen) atoms. The largest absolute Gasteiger partial charge is 0.363 e. The number of benzene rings is 1. The predicted octanol–water partition coefficient (Wildman–Crippen LogP) is 2.34. The fourth-order valence-corrected chi connectivity index (χ4v) is 1.46. The summed E-state index contributed by atoms with van der Waals surface area (Å²) in [6.45, 7) is 1.89. The zero-order valence-corrected chi connectivity index (χ0v) is 9.88. The van der Waals surface area contributed by atoms with Gasteiger partial charge < -0.3 is 20.9 Å². The third kappa shape index (κ3) is 3.08. The van der Waals surface area contributed by atoms with E-state index in [1.54, 1.807) is 6.07 Å². The van der Waals surface area contributed by atoms with E-state index in [9.17, 15) is 4.79 Å². The summed E-state index contributed by atoms with van der Waals surface area (Å²) in [5.41, 5.74) is 7.91. The van der Waals surface area contributed by atoms with Crippen molar-refractivity contribution < 1.29 is 9.32 Å². The maximum absolute atomic E-state index is 11.6. The second kappa shape index (κ2) is 5.33. The number of nitrogens with zero attached hydrogens (tertiary/aromatic N) is 1. The van der Waals surface area contributed by atoms with Crippen molar-refractivity contribution in [2.45, 2.75) is 13.0 Å². The molecule has 0 aliphatic heterocycles. The van der Waals surface area contributed by atoms with Gasteiger partial charge in [0.2, 0.25) is 0 Å². The highest BCUT2D eigenvalue weighted by atomic mass is 16.5. The molecule has 0 saturated heterocycles. The van der Waals surface area contributed by atoms with E-state index in [0.29, 0.717) is 11.4 Å². The Morgan fingerprint density at radius 1 is 1.39 bits per heavy atom. The number of amides is 2. The van der Waals surface area contributed by atoms with Crippen molar-refractivity contribution in [1.29, 1.82) is 0 Å². The first-order valence-corrected chi connectivity index (χ1v) is 5.48. The fraction of sp³-hybridized carbons (Fsp3) is 0.167. The van der Waals surface area contributed by atoms with Gasteiger partial charge in [-0.05, 0) is 24.6 Å². The summed E-state index contributed by atoms with van der Waals surface area (Å²) in [6.07, 6.45) is 2.76.